The third kappa shape index (κ3) is 3.61. The summed E-state index contributed by atoms with van der Waals surface area (Å²) in [6.07, 6.45) is 0.782. The van der Waals surface area contributed by atoms with E-state index >= 15 is 0 Å². The van der Waals surface area contributed by atoms with E-state index in [2.05, 4.69) is 27.5 Å². The van der Waals surface area contributed by atoms with Crippen LogP contribution in [-0.4, -0.2) is 42.9 Å². The number of nitrogens with zero attached hydrogens (tertiary/aromatic N) is 2. The van der Waals surface area contributed by atoms with Gasteiger partial charge < -0.3 is 18.6 Å². The Bertz CT molecular complexity index is 815. The summed E-state index contributed by atoms with van der Waals surface area (Å²) in [5.41, 5.74) is 1.77. The van der Waals surface area contributed by atoms with E-state index < -0.39 is 0 Å². The smallest absolute Gasteiger partial charge is 0.150 e. The van der Waals surface area contributed by atoms with E-state index in [0.29, 0.717) is 19.8 Å². The van der Waals surface area contributed by atoms with Crippen LogP contribution in [0.15, 0.2) is 45.3 Å². The average Bonchev–Trinajstić information content (AvgIpc) is 3.15. The van der Waals surface area contributed by atoms with Gasteiger partial charge in [0.25, 0.3) is 0 Å². The van der Waals surface area contributed by atoms with Crippen molar-refractivity contribution in [2.75, 3.05) is 27.3 Å². The van der Waals surface area contributed by atoms with Gasteiger partial charge >= 0.3 is 0 Å². The number of ether oxygens (including phenoxy) is 1. The van der Waals surface area contributed by atoms with Crippen molar-refractivity contribution in [3.63, 3.8) is 0 Å². The summed E-state index contributed by atoms with van der Waals surface area (Å²) in [6, 6.07) is 12.2. The molecule has 0 unspecified atom stereocenters. The first-order valence-electron chi connectivity index (χ1n) is 8.51. The number of aromatic nitrogens is 1. The van der Waals surface area contributed by atoms with Crippen molar-refractivity contribution in [1.29, 1.82) is 0 Å². The van der Waals surface area contributed by atoms with E-state index in [1.165, 1.54) is 0 Å². The fourth-order valence-electron chi connectivity index (χ4n) is 3.19. The Labute approximate surface area is 146 Å². The van der Waals surface area contributed by atoms with Crippen LogP contribution in [0.5, 0.6) is 0 Å². The number of fused-ring (bicyclic) bond motifs is 1. The van der Waals surface area contributed by atoms with Crippen molar-refractivity contribution in [2.24, 2.45) is 0 Å². The van der Waals surface area contributed by atoms with Gasteiger partial charge in [-0.2, -0.15) is 0 Å². The van der Waals surface area contributed by atoms with Gasteiger partial charge in [-0.25, -0.2) is 0 Å². The molecular weight excluding hydrogens is 318 g/mol. The Morgan fingerprint density at radius 3 is 2.72 bits per heavy atom. The number of nitrogens with one attached hydrogen (secondary N) is 1. The highest BCUT2D eigenvalue weighted by Crippen LogP contribution is 2.25. The summed E-state index contributed by atoms with van der Waals surface area (Å²) in [5, 5.41) is 8.93. The molecule has 4 rings (SSSR count). The van der Waals surface area contributed by atoms with E-state index in [0.717, 1.165) is 41.1 Å². The second-order valence-corrected chi connectivity index (χ2v) is 7.08. The molecule has 25 heavy (non-hydrogen) atoms. The lowest BCUT2D eigenvalue weighted by atomic mass is 9.91. The maximum Gasteiger partial charge on any atom is 0.150 e. The van der Waals surface area contributed by atoms with Gasteiger partial charge in [-0.15, -0.1) is 0 Å². The lowest BCUT2D eigenvalue weighted by Crippen LogP contribution is -2.61. The molecule has 1 aliphatic rings. The fraction of sp³-hybridized carbons (Fsp3) is 0.421. The molecule has 1 aromatic carbocycles. The van der Waals surface area contributed by atoms with Gasteiger partial charge in [0.05, 0.1) is 37.5 Å². The molecule has 0 radical (unpaired) electrons. The standard InChI is InChI=1S/C19H23N3O3/c1-22(2)11-17-8-15(21-25-17)9-19(12-23-13-19)20-10-16-7-14-5-3-4-6-18(14)24-16/h3-8,20H,9-13H2,1-2H3. The van der Waals surface area contributed by atoms with Crippen LogP contribution in [0, 0.1) is 0 Å². The third-order valence-electron chi connectivity index (χ3n) is 4.47. The molecule has 0 aliphatic carbocycles. The van der Waals surface area contributed by atoms with Gasteiger partial charge in [0.2, 0.25) is 0 Å². The molecule has 1 saturated heterocycles. The van der Waals surface area contributed by atoms with Crippen LogP contribution >= 0.6 is 0 Å². The maximum atomic E-state index is 5.89. The van der Waals surface area contributed by atoms with Crippen LogP contribution in [0.1, 0.15) is 17.2 Å². The minimum absolute atomic E-state index is 0.106. The maximum absolute atomic E-state index is 5.89. The lowest BCUT2D eigenvalue weighted by Gasteiger charge is -2.41. The second kappa shape index (κ2) is 6.63. The molecule has 3 heterocycles. The zero-order valence-corrected chi connectivity index (χ0v) is 14.6. The summed E-state index contributed by atoms with van der Waals surface area (Å²) < 4.78 is 16.8. The zero-order chi connectivity index (χ0) is 17.3. The first-order valence-corrected chi connectivity index (χ1v) is 8.51. The van der Waals surface area contributed by atoms with Gasteiger partial charge in [-0.05, 0) is 26.2 Å². The zero-order valence-electron chi connectivity index (χ0n) is 14.6. The summed E-state index contributed by atoms with van der Waals surface area (Å²) in [7, 11) is 4.02. The molecule has 2 aromatic heterocycles. The van der Waals surface area contributed by atoms with Crippen LogP contribution in [0.2, 0.25) is 0 Å². The van der Waals surface area contributed by atoms with Crippen molar-refractivity contribution in [1.82, 2.24) is 15.4 Å². The molecule has 1 fully saturated rings. The highest BCUT2D eigenvalue weighted by Gasteiger charge is 2.39. The molecule has 6 heteroatoms. The van der Waals surface area contributed by atoms with Crippen molar-refractivity contribution < 1.29 is 13.7 Å². The number of hydrogen-bond donors (Lipinski definition) is 1. The molecule has 6 nitrogen and oxygen atoms in total. The predicted octanol–water partition coefficient (Wildman–Crippen LogP) is 2.58. The monoisotopic (exact) mass is 341 g/mol. The molecule has 0 spiro atoms. The fourth-order valence-corrected chi connectivity index (χ4v) is 3.19. The molecular formula is C19H23N3O3. The predicted molar refractivity (Wildman–Crippen MR) is 94.2 cm³/mol. The van der Waals surface area contributed by atoms with E-state index in [1.807, 2.05) is 38.4 Å². The van der Waals surface area contributed by atoms with Gasteiger partial charge in [0.15, 0.2) is 5.76 Å². The van der Waals surface area contributed by atoms with Crippen LogP contribution in [0.25, 0.3) is 11.0 Å². The molecule has 0 bridgehead atoms. The molecule has 1 N–H and O–H groups in total. The quantitative estimate of drug-likeness (QED) is 0.713. The summed E-state index contributed by atoms with van der Waals surface area (Å²) in [5.74, 6) is 1.81. The molecule has 1 aliphatic heterocycles. The van der Waals surface area contributed by atoms with Crippen LogP contribution in [0.4, 0.5) is 0 Å². The third-order valence-corrected chi connectivity index (χ3v) is 4.47. The Morgan fingerprint density at radius 2 is 2.00 bits per heavy atom. The highest BCUT2D eigenvalue weighted by molar-refractivity contribution is 5.77. The number of rotatable bonds is 7. The van der Waals surface area contributed by atoms with Crippen molar-refractivity contribution in [3.05, 3.63) is 53.6 Å². The second-order valence-electron chi connectivity index (χ2n) is 7.08. The first kappa shape index (κ1) is 16.3. The van der Waals surface area contributed by atoms with E-state index in [1.54, 1.807) is 0 Å². The summed E-state index contributed by atoms with van der Waals surface area (Å²) >= 11 is 0. The molecule has 0 amide bonds. The van der Waals surface area contributed by atoms with E-state index in [4.69, 9.17) is 13.7 Å². The van der Waals surface area contributed by atoms with E-state index in [-0.39, 0.29) is 5.54 Å². The van der Waals surface area contributed by atoms with Crippen LogP contribution < -0.4 is 5.32 Å². The van der Waals surface area contributed by atoms with Crippen LogP contribution in [0.3, 0.4) is 0 Å². The van der Waals surface area contributed by atoms with Gasteiger partial charge in [-0.3, -0.25) is 5.32 Å². The van der Waals surface area contributed by atoms with E-state index in [9.17, 15) is 0 Å². The SMILES string of the molecule is CN(C)Cc1cc(CC2(NCc3cc4ccccc4o3)COC2)no1. The van der Waals surface area contributed by atoms with Crippen LogP contribution in [-0.2, 0) is 24.2 Å². The number of para-hydroxylation sites is 1. The van der Waals surface area contributed by atoms with Crippen molar-refractivity contribution >= 4 is 11.0 Å². The highest BCUT2D eigenvalue weighted by atomic mass is 16.5. The van der Waals surface area contributed by atoms with Gasteiger partial charge in [0, 0.05) is 17.9 Å². The summed E-state index contributed by atoms with van der Waals surface area (Å²) in [4.78, 5) is 2.06. The Morgan fingerprint density at radius 1 is 1.16 bits per heavy atom. The largest absolute Gasteiger partial charge is 0.460 e. The minimum atomic E-state index is -0.106. The van der Waals surface area contributed by atoms with Gasteiger partial charge in [0.1, 0.15) is 11.3 Å². The Hall–Kier alpha value is -2.15. The van der Waals surface area contributed by atoms with Gasteiger partial charge in [-0.1, -0.05) is 23.4 Å². The molecule has 0 saturated carbocycles. The topological polar surface area (TPSA) is 63.7 Å². The van der Waals surface area contributed by atoms with Crippen molar-refractivity contribution in [3.8, 4) is 0 Å². The Kier molecular flexibility index (Phi) is 4.33. The van der Waals surface area contributed by atoms with Crippen molar-refractivity contribution in [2.45, 2.75) is 25.0 Å². The lowest BCUT2D eigenvalue weighted by molar-refractivity contribution is -0.0761. The number of benzene rings is 1. The number of furan rings is 1. The first-order chi connectivity index (χ1) is 12.1. The normalized spacial score (nSPS) is 16.4. The average molecular weight is 341 g/mol. The molecule has 3 aromatic rings. The number of hydrogen-bond acceptors (Lipinski definition) is 6. The minimum Gasteiger partial charge on any atom is -0.460 e. The summed E-state index contributed by atoms with van der Waals surface area (Å²) in [6.45, 7) is 2.76. The molecule has 0 atom stereocenters. The molecule has 132 valence electrons. The Balaban J connectivity index is 1.41.